The highest BCUT2D eigenvalue weighted by Gasteiger charge is 2.76. The molecule has 210 valence electrons. The molecule has 1 aromatic rings. The maximum absolute atomic E-state index is 12.7. The summed E-state index contributed by atoms with van der Waals surface area (Å²) in [5.74, 6) is -8.92. The van der Waals surface area contributed by atoms with E-state index in [4.69, 9.17) is 10.5 Å². The molecule has 0 amide bonds. The zero-order valence-electron chi connectivity index (χ0n) is 20.7. The summed E-state index contributed by atoms with van der Waals surface area (Å²) in [6.07, 6.45) is -5.97. The first kappa shape index (κ1) is 30.5. The van der Waals surface area contributed by atoms with Gasteiger partial charge in [0.05, 0.1) is 23.9 Å². The highest BCUT2D eigenvalue weighted by atomic mass is 16.6. The van der Waals surface area contributed by atoms with Crippen molar-refractivity contribution in [2.24, 2.45) is 22.9 Å². The lowest BCUT2D eigenvalue weighted by Gasteiger charge is -2.47. The smallest absolute Gasteiger partial charge is 0.351 e. The normalized spacial score (nSPS) is 30.0. The van der Waals surface area contributed by atoms with Crippen LogP contribution in [0.25, 0.3) is 10.4 Å². The van der Waals surface area contributed by atoms with E-state index in [1.165, 1.54) is 6.92 Å². The van der Waals surface area contributed by atoms with Gasteiger partial charge < -0.3 is 41.1 Å². The van der Waals surface area contributed by atoms with Crippen molar-refractivity contribution in [2.45, 2.75) is 69.3 Å². The second kappa shape index (κ2) is 10.9. The van der Waals surface area contributed by atoms with Gasteiger partial charge in [-0.1, -0.05) is 25.9 Å². The number of aliphatic hydroxyl groups excluding tert-OH is 1. The third-order valence-electron chi connectivity index (χ3n) is 6.82. The zero-order chi connectivity index (χ0) is 29.2. The number of nitrogens with zero attached hydrogens (tertiary/aromatic N) is 5. The average molecular weight is 543 g/mol. The molecule has 38 heavy (non-hydrogen) atoms. The highest BCUT2D eigenvalue weighted by molar-refractivity contribution is 5.71. The van der Waals surface area contributed by atoms with Crippen LogP contribution in [0.1, 0.15) is 46.3 Å². The molecule has 0 saturated carbocycles. The highest BCUT2D eigenvalue weighted by Crippen LogP contribution is 2.58. The zero-order valence-corrected chi connectivity index (χ0v) is 20.7. The quantitative estimate of drug-likeness (QED) is 0.0998. The van der Waals surface area contributed by atoms with Crippen LogP contribution in [-0.4, -0.2) is 81.1 Å². The summed E-state index contributed by atoms with van der Waals surface area (Å²) in [7, 11) is 0. The van der Waals surface area contributed by atoms with Crippen LogP contribution in [0.3, 0.4) is 0 Å². The molecule has 0 aromatic carbocycles. The number of ether oxygens (including phenoxy) is 1. The molecule has 1 aromatic heterocycles. The number of hydrogen-bond donors (Lipinski definition) is 7. The van der Waals surface area contributed by atoms with Gasteiger partial charge in [-0.3, -0.25) is 19.0 Å². The summed E-state index contributed by atoms with van der Waals surface area (Å²) in [6, 6.07) is 1.10. The minimum atomic E-state index is -3.10. The van der Waals surface area contributed by atoms with Crippen LogP contribution in [0.5, 0.6) is 0 Å². The molecule has 1 aliphatic heterocycles. The predicted molar refractivity (Wildman–Crippen MR) is 125 cm³/mol. The minimum absolute atomic E-state index is 0.252. The third-order valence-corrected chi connectivity index (χ3v) is 6.82. The lowest BCUT2D eigenvalue weighted by molar-refractivity contribution is -0.220. The number of rotatable bonds is 12. The molecule has 1 fully saturated rings. The standard InChI is InChI=1S/C21H30N6O11/c1-9(14(29)30)6-12(28)21(25-26-23)20(37,8-11(3)16(33)34)19(36,7-10(2)15(31)32)17(38-21)27-5-4-13(22)24-18(27)35/h4-5,9-12,17,28,36-37H,6-8H2,1-3H3,(H,29,30)(H,31,32)(H,33,34)(H2,22,24,35)/t9?,10?,11?,12?,17-,19+,20+,21-/m1/s1. The van der Waals surface area contributed by atoms with E-state index in [9.17, 15) is 55.3 Å². The van der Waals surface area contributed by atoms with Gasteiger partial charge in [-0.25, -0.2) is 4.79 Å². The summed E-state index contributed by atoms with van der Waals surface area (Å²) in [4.78, 5) is 53.8. The second-order valence-corrected chi connectivity index (χ2v) is 9.56. The van der Waals surface area contributed by atoms with Gasteiger partial charge in [0.15, 0.2) is 6.23 Å². The monoisotopic (exact) mass is 542 g/mol. The van der Waals surface area contributed by atoms with Crippen LogP contribution in [0.4, 0.5) is 5.82 Å². The van der Waals surface area contributed by atoms with Gasteiger partial charge in [-0.2, -0.15) is 4.98 Å². The fourth-order valence-corrected chi connectivity index (χ4v) is 4.64. The van der Waals surface area contributed by atoms with Crippen LogP contribution in [0.15, 0.2) is 22.2 Å². The predicted octanol–water partition coefficient (Wildman–Crippen LogP) is -0.484. The molecule has 17 nitrogen and oxygen atoms in total. The summed E-state index contributed by atoms with van der Waals surface area (Å²) in [5.41, 5.74) is 4.72. The van der Waals surface area contributed by atoms with Gasteiger partial charge in [0.2, 0.25) is 5.72 Å². The molecule has 1 saturated heterocycles. The Labute approximate surface area is 214 Å². The molecular weight excluding hydrogens is 512 g/mol. The molecule has 0 aliphatic carbocycles. The van der Waals surface area contributed by atoms with Gasteiger partial charge in [-0.05, 0) is 30.9 Å². The number of hydrogen-bond acceptors (Lipinski definition) is 11. The Hall–Kier alpha value is -3.76. The SMILES string of the molecule is CC(CC(O)[C@@]1(N=[N+]=[N-])O[C@@H](n2ccc(N)nc2=O)[C@@](O)(CC(C)C(=O)O)[C@@]1(O)CC(C)C(=O)O)C(=O)O. The Morgan fingerprint density at radius 3 is 2.13 bits per heavy atom. The van der Waals surface area contributed by atoms with E-state index in [2.05, 4.69) is 15.0 Å². The van der Waals surface area contributed by atoms with Crippen LogP contribution >= 0.6 is 0 Å². The molecule has 0 bridgehead atoms. The van der Waals surface area contributed by atoms with Crippen LogP contribution in [-0.2, 0) is 19.1 Å². The number of anilines is 1. The molecule has 1 aliphatic rings. The Bertz CT molecular complexity index is 1200. The number of carboxylic acid groups (broad SMARTS) is 3. The summed E-state index contributed by atoms with van der Waals surface area (Å²) < 4.78 is 6.36. The summed E-state index contributed by atoms with van der Waals surface area (Å²) in [6.45, 7) is 3.42. The molecular formula is C21H30N6O11. The fourth-order valence-electron chi connectivity index (χ4n) is 4.64. The van der Waals surface area contributed by atoms with E-state index in [0.29, 0.717) is 4.57 Å². The van der Waals surface area contributed by atoms with Crippen molar-refractivity contribution in [2.75, 3.05) is 5.73 Å². The number of azide groups is 1. The summed E-state index contributed by atoms with van der Waals surface area (Å²) in [5, 5.41) is 67.2. The van der Waals surface area contributed by atoms with E-state index in [-0.39, 0.29) is 5.82 Å². The number of carbonyl (C=O) groups is 3. The lowest BCUT2D eigenvalue weighted by atomic mass is 9.66. The Morgan fingerprint density at radius 1 is 1.13 bits per heavy atom. The molecule has 4 unspecified atom stereocenters. The number of nitrogens with two attached hydrogens (primary N) is 1. The van der Waals surface area contributed by atoms with Gasteiger partial charge in [-0.15, -0.1) is 0 Å². The lowest BCUT2D eigenvalue weighted by Crippen LogP contribution is -2.67. The van der Waals surface area contributed by atoms with Crippen molar-refractivity contribution in [1.82, 2.24) is 9.55 Å². The maximum atomic E-state index is 12.7. The topological polar surface area (TPSA) is 291 Å². The van der Waals surface area contributed by atoms with E-state index in [1.807, 2.05) is 0 Å². The molecule has 2 heterocycles. The van der Waals surface area contributed by atoms with Crippen molar-refractivity contribution in [1.29, 1.82) is 0 Å². The number of carboxylic acids is 3. The number of aromatic nitrogens is 2. The van der Waals surface area contributed by atoms with E-state index in [0.717, 1.165) is 26.1 Å². The Kier molecular flexibility index (Phi) is 8.76. The van der Waals surface area contributed by atoms with Gasteiger partial charge in [0.1, 0.15) is 17.0 Å². The van der Waals surface area contributed by atoms with Crippen molar-refractivity contribution in [3.05, 3.63) is 33.2 Å². The van der Waals surface area contributed by atoms with Crippen molar-refractivity contribution in [3.8, 4) is 0 Å². The first-order valence-corrected chi connectivity index (χ1v) is 11.4. The largest absolute Gasteiger partial charge is 0.481 e. The average Bonchev–Trinajstić information content (AvgIpc) is 2.98. The first-order chi connectivity index (χ1) is 17.5. The van der Waals surface area contributed by atoms with E-state index >= 15 is 0 Å². The maximum Gasteiger partial charge on any atom is 0.351 e. The molecule has 8 N–H and O–H groups in total. The Morgan fingerprint density at radius 2 is 1.66 bits per heavy atom. The summed E-state index contributed by atoms with van der Waals surface area (Å²) >= 11 is 0. The van der Waals surface area contributed by atoms with Gasteiger partial charge in [0, 0.05) is 11.1 Å². The molecule has 0 radical (unpaired) electrons. The second-order valence-electron chi connectivity index (χ2n) is 9.56. The van der Waals surface area contributed by atoms with Gasteiger partial charge >= 0.3 is 23.6 Å². The van der Waals surface area contributed by atoms with Crippen molar-refractivity contribution in [3.63, 3.8) is 0 Å². The number of aliphatic hydroxyl groups is 3. The minimum Gasteiger partial charge on any atom is -0.481 e. The van der Waals surface area contributed by atoms with E-state index in [1.54, 1.807) is 0 Å². The van der Waals surface area contributed by atoms with Crippen LogP contribution in [0, 0.1) is 17.8 Å². The van der Waals surface area contributed by atoms with Crippen LogP contribution < -0.4 is 11.4 Å². The molecule has 0 spiro atoms. The number of nitrogen functional groups attached to an aromatic ring is 1. The van der Waals surface area contributed by atoms with Gasteiger partial charge in [0.25, 0.3) is 0 Å². The fraction of sp³-hybridized carbons (Fsp3) is 0.667. The van der Waals surface area contributed by atoms with Crippen molar-refractivity contribution >= 4 is 23.7 Å². The molecule has 17 heteroatoms. The van der Waals surface area contributed by atoms with Crippen molar-refractivity contribution < 1.29 is 49.8 Å². The number of aliphatic carboxylic acids is 3. The third kappa shape index (κ3) is 5.14. The Balaban J connectivity index is 2.97. The first-order valence-electron chi connectivity index (χ1n) is 11.4. The molecule has 2 rings (SSSR count). The molecule has 8 atom stereocenters. The van der Waals surface area contributed by atoms with E-state index < -0.39 is 89.9 Å². The van der Waals surface area contributed by atoms with Crippen LogP contribution in [0.2, 0.25) is 0 Å².